The molecule has 3 rings (SSSR count). The largest absolute Gasteiger partial charge is 0.497 e. The predicted molar refractivity (Wildman–Crippen MR) is 92.1 cm³/mol. The lowest BCUT2D eigenvalue weighted by Gasteiger charge is -2.35. The van der Waals surface area contributed by atoms with Gasteiger partial charge in [0.15, 0.2) is 0 Å². The van der Waals surface area contributed by atoms with E-state index in [4.69, 9.17) is 9.47 Å². The summed E-state index contributed by atoms with van der Waals surface area (Å²) in [4.78, 5) is 14.7. The molecular formula is C18H27N3O3. The number of ether oxygens (including phenoxy) is 2. The maximum atomic E-state index is 12.3. The highest BCUT2D eigenvalue weighted by atomic mass is 16.5. The summed E-state index contributed by atoms with van der Waals surface area (Å²) in [6.45, 7) is 5.61. The van der Waals surface area contributed by atoms with Crippen molar-refractivity contribution in [1.29, 1.82) is 0 Å². The van der Waals surface area contributed by atoms with Gasteiger partial charge in [-0.3, -0.25) is 9.69 Å². The van der Waals surface area contributed by atoms with Gasteiger partial charge in [0.25, 0.3) is 0 Å². The van der Waals surface area contributed by atoms with Crippen LogP contribution in [0.1, 0.15) is 18.0 Å². The Morgan fingerprint density at radius 2 is 2.12 bits per heavy atom. The number of amides is 1. The van der Waals surface area contributed by atoms with Crippen LogP contribution >= 0.6 is 0 Å². The first-order valence-corrected chi connectivity index (χ1v) is 8.72. The number of nitrogens with one attached hydrogen (secondary N) is 2. The van der Waals surface area contributed by atoms with Crippen LogP contribution in [-0.4, -0.2) is 63.9 Å². The fourth-order valence-electron chi connectivity index (χ4n) is 3.39. The number of nitrogens with zero attached hydrogens (tertiary/aromatic N) is 1. The quantitative estimate of drug-likeness (QED) is 0.806. The van der Waals surface area contributed by atoms with E-state index in [0.717, 1.165) is 51.6 Å². The Morgan fingerprint density at radius 3 is 2.75 bits per heavy atom. The molecule has 132 valence electrons. The zero-order chi connectivity index (χ0) is 16.8. The molecule has 2 aliphatic rings. The average molecular weight is 333 g/mol. The Kier molecular flexibility index (Phi) is 6.07. The van der Waals surface area contributed by atoms with Crippen molar-refractivity contribution >= 4 is 5.91 Å². The molecule has 2 N–H and O–H groups in total. The van der Waals surface area contributed by atoms with Gasteiger partial charge in [-0.05, 0) is 30.7 Å². The first kappa shape index (κ1) is 17.2. The fourth-order valence-corrected chi connectivity index (χ4v) is 3.39. The molecular weight excluding hydrogens is 306 g/mol. The molecule has 0 aliphatic carbocycles. The lowest BCUT2D eigenvalue weighted by atomic mass is 10.0. The van der Waals surface area contributed by atoms with Crippen LogP contribution in [-0.2, 0) is 9.53 Å². The topological polar surface area (TPSA) is 62.8 Å². The zero-order valence-corrected chi connectivity index (χ0v) is 14.3. The van der Waals surface area contributed by atoms with E-state index in [1.165, 1.54) is 5.56 Å². The Balaban J connectivity index is 1.67. The second-order valence-electron chi connectivity index (χ2n) is 6.37. The first-order chi connectivity index (χ1) is 11.8. The Labute approximate surface area is 143 Å². The molecule has 2 heterocycles. The number of hydrogen-bond donors (Lipinski definition) is 2. The van der Waals surface area contributed by atoms with Gasteiger partial charge < -0.3 is 20.1 Å². The smallest absolute Gasteiger partial charge is 0.224 e. The average Bonchev–Trinajstić information content (AvgIpc) is 3.18. The molecule has 2 saturated heterocycles. The molecule has 2 fully saturated rings. The van der Waals surface area contributed by atoms with Crippen LogP contribution < -0.4 is 15.4 Å². The molecule has 2 aliphatic heterocycles. The number of morpholine rings is 1. The standard InChI is InChI=1S/C18H27N3O3/c1-23-16-4-2-14(3-5-16)17(21-8-10-24-11-9-21)13-20-18(22)15-6-7-19-12-15/h2-5,15,17,19H,6-13H2,1H3,(H,20,22). The lowest BCUT2D eigenvalue weighted by molar-refractivity contribution is -0.124. The zero-order valence-electron chi connectivity index (χ0n) is 14.3. The van der Waals surface area contributed by atoms with Crippen molar-refractivity contribution in [1.82, 2.24) is 15.5 Å². The molecule has 24 heavy (non-hydrogen) atoms. The normalized spacial score (nSPS) is 23.0. The van der Waals surface area contributed by atoms with E-state index >= 15 is 0 Å². The Hall–Kier alpha value is -1.63. The second kappa shape index (κ2) is 8.46. The lowest BCUT2D eigenvalue weighted by Crippen LogP contribution is -2.44. The first-order valence-electron chi connectivity index (χ1n) is 8.72. The number of methoxy groups -OCH3 is 1. The number of rotatable bonds is 6. The summed E-state index contributed by atoms with van der Waals surface area (Å²) in [6, 6.07) is 8.29. The minimum Gasteiger partial charge on any atom is -0.497 e. The molecule has 1 aromatic rings. The van der Waals surface area contributed by atoms with Crippen LogP contribution in [0.3, 0.4) is 0 Å². The van der Waals surface area contributed by atoms with Crippen LogP contribution in [0.15, 0.2) is 24.3 Å². The van der Waals surface area contributed by atoms with E-state index in [9.17, 15) is 4.79 Å². The monoisotopic (exact) mass is 333 g/mol. The van der Waals surface area contributed by atoms with Crippen LogP contribution in [0.4, 0.5) is 0 Å². The molecule has 1 aromatic carbocycles. The van der Waals surface area contributed by atoms with Gasteiger partial charge in [-0.2, -0.15) is 0 Å². The third-order valence-corrected chi connectivity index (χ3v) is 4.89. The second-order valence-corrected chi connectivity index (χ2v) is 6.37. The molecule has 0 aromatic heterocycles. The number of carbonyl (C=O) groups is 1. The van der Waals surface area contributed by atoms with Crippen LogP contribution in [0.25, 0.3) is 0 Å². The molecule has 2 atom stereocenters. The van der Waals surface area contributed by atoms with E-state index in [1.807, 2.05) is 12.1 Å². The maximum absolute atomic E-state index is 12.3. The van der Waals surface area contributed by atoms with Crippen molar-refractivity contribution in [2.24, 2.45) is 5.92 Å². The van der Waals surface area contributed by atoms with Crippen molar-refractivity contribution in [2.75, 3.05) is 53.0 Å². The number of hydrogen-bond acceptors (Lipinski definition) is 5. The molecule has 6 nitrogen and oxygen atoms in total. The molecule has 0 bridgehead atoms. The summed E-state index contributed by atoms with van der Waals surface area (Å²) < 4.78 is 10.7. The predicted octanol–water partition coefficient (Wildman–Crippen LogP) is 0.794. The van der Waals surface area contributed by atoms with E-state index in [0.29, 0.717) is 6.54 Å². The SMILES string of the molecule is COc1ccc(C(CNC(=O)C2CCNC2)N2CCOCC2)cc1. The van der Waals surface area contributed by atoms with E-state index in [1.54, 1.807) is 7.11 Å². The van der Waals surface area contributed by atoms with E-state index in [-0.39, 0.29) is 17.9 Å². The molecule has 0 radical (unpaired) electrons. The molecule has 2 unspecified atom stereocenters. The maximum Gasteiger partial charge on any atom is 0.224 e. The minimum absolute atomic E-state index is 0.103. The van der Waals surface area contributed by atoms with Crippen LogP contribution in [0.2, 0.25) is 0 Å². The summed E-state index contributed by atoms with van der Waals surface area (Å²) in [5.41, 5.74) is 1.20. The van der Waals surface area contributed by atoms with Gasteiger partial charge in [0.05, 0.1) is 32.3 Å². The van der Waals surface area contributed by atoms with Gasteiger partial charge in [0.1, 0.15) is 5.75 Å². The highest BCUT2D eigenvalue weighted by molar-refractivity contribution is 5.79. The Bertz CT molecular complexity index is 523. The fraction of sp³-hybridized carbons (Fsp3) is 0.611. The molecule has 0 spiro atoms. The summed E-state index contributed by atoms with van der Waals surface area (Å²) in [5, 5.41) is 6.40. The van der Waals surface area contributed by atoms with Gasteiger partial charge in [0.2, 0.25) is 5.91 Å². The Morgan fingerprint density at radius 1 is 1.38 bits per heavy atom. The van der Waals surface area contributed by atoms with Crippen molar-refractivity contribution in [3.8, 4) is 5.75 Å². The van der Waals surface area contributed by atoms with Gasteiger partial charge in [-0.25, -0.2) is 0 Å². The van der Waals surface area contributed by atoms with Crippen molar-refractivity contribution < 1.29 is 14.3 Å². The third kappa shape index (κ3) is 4.26. The van der Waals surface area contributed by atoms with Gasteiger partial charge in [-0.1, -0.05) is 12.1 Å². The third-order valence-electron chi connectivity index (χ3n) is 4.89. The van der Waals surface area contributed by atoms with Crippen molar-refractivity contribution in [2.45, 2.75) is 12.5 Å². The van der Waals surface area contributed by atoms with Crippen molar-refractivity contribution in [3.63, 3.8) is 0 Å². The summed E-state index contributed by atoms with van der Waals surface area (Å²) >= 11 is 0. The van der Waals surface area contributed by atoms with Crippen molar-refractivity contribution in [3.05, 3.63) is 29.8 Å². The molecule has 0 saturated carbocycles. The van der Waals surface area contributed by atoms with Crippen LogP contribution in [0, 0.1) is 5.92 Å². The highest BCUT2D eigenvalue weighted by Crippen LogP contribution is 2.24. The van der Waals surface area contributed by atoms with Gasteiger partial charge in [-0.15, -0.1) is 0 Å². The number of benzene rings is 1. The summed E-state index contributed by atoms with van der Waals surface area (Å²) in [6.07, 6.45) is 0.927. The summed E-state index contributed by atoms with van der Waals surface area (Å²) in [5.74, 6) is 1.11. The minimum atomic E-state index is 0.103. The van der Waals surface area contributed by atoms with E-state index in [2.05, 4.69) is 27.7 Å². The van der Waals surface area contributed by atoms with Crippen LogP contribution in [0.5, 0.6) is 5.75 Å². The van der Waals surface area contributed by atoms with E-state index < -0.39 is 0 Å². The van der Waals surface area contributed by atoms with Gasteiger partial charge >= 0.3 is 0 Å². The number of carbonyl (C=O) groups excluding carboxylic acids is 1. The molecule has 1 amide bonds. The molecule has 6 heteroatoms. The highest BCUT2D eigenvalue weighted by Gasteiger charge is 2.26. The summed E-state index contributed by atoms with van der Waals surface area (Å²) in [7, 11) is 1.67. The van der Waals surface area contributed by atoms with Gasteiger partial charge in [0, 0.05) is 26.2 Å².